The van der Waals surface area contributed by atoms with Crippen molar-refractivity contribution in [3.63, 3.8) is 0 Å². The summed E-state index contributed by atoms with van der Waals surface area (Å²) in [7, 11) is 3.20. The Hall–Kier alpha value is -2.44. The molecule has 1 aromatic rings. The Morgan fingerprint density at radius 2 is 1.96 bits per heavy atom. The molecule has 1 fully saturated rings. The summed E-state index contributed by atoms with van der Waals surface area (Å²) in [5, 5.41) is 3.21. The number of carbonyl (C=O) groups excluding carboxylic acids is 2. The van der Waals surface area contributed by atoms with Gasteiger partial charge in [0.2, 0.25) is 12.3 Å². The number of anilines is 1. The van der Waals surface area contributed by atoms with Crippen LogP contribution in [0, 0.1) is 0 Å². The SMILES string of the molecule is COc1ccc(NCCC(=O)N2CCN(C=O)CC2)c(OC)c1. The minimum atomic E-state index is 0.0931. The third-order valence-electron chi connectivity index (χ3n) is 3.88. The van der Waals surface area contributed by atoms with Gasteiger partial charge in [-0.15, -0.1) is 0 Å². The highest BCUT2D eigenvalue weighted by Crippen LogP contribution is 2.28. The quantitative estimate of drug-likeness (QED) is 0.753. The first-order chi connectivity index (χ1) is 11.2. The summed E-state index contributed by atoms with van der Waals surface area (Å²) in [4.78, 5) is 26.3. The second-order valence-corrected chi connectivity index (χ2v) is 5.27. The summed E-state index contributed by atoms with van der Waals surface area (Å²) in [5.41, 5.74) is 0.826. The fraction of sp³-hybridized carbons (Fsp3) is 0.500. The van der Waals surface area contributed by atoms with Gasteiger partial charge in [0, 0.05) is 45.2 Å². The number of carbonyl (C=O) groups is 2. The minimum Gasteiger partial charge on any atom is -0.497 e. The number of benzene rings is 1. The molecule has 1 aliphatic rings. The molecule has 0 unspecified atom stereocenters. The van der Waals surface area contributed by atoms with Crippen molar-refractivity contribution in [3.8, 4) is 11.5 Å². The molecule has 2 rings (SSSR count). The molecule has 1 N–H and O–H groups in total. The number of nitrogens with one attached hydrogen (secondary N) is 1. The summed E-state index contributed by atoms with van der Waals surface area (Å²) in [5.74, 6) is 1.49. The molecule has 1 aromatic carbocycles. The van der Waals surface area contributed by atoms with E-state index >= 15 is 0 Å². The number of hydrogen-bond donors (Lipinski definition) is 1. The summed E-state index contributed by atoms with van der Waals surface area (Å²) in [6.45, 7) is 2.94. The van der Waals surface area contributed by atoms with E-state index in [0.29, 0.717) is 44.9 Å². The Labute approximate surface area is 136 Å². The molecule has 126 valence electrons. The lowest BCUT2D eigenvalue weighted by Crippen LogP contribution is -2.48. The number of ether oxygens (including phenoxy) is 2. The van der Waals surface area contributed by atoms with Crippen LogP contribution in [0.1, 0.15) is 6.42 Å². The van der Waals surface area contributed by atoms with Crippen LogP contribution in [0.5, 0.6) is 11.5 Å². The van der Waals surface area contributed by atoms with Crippen LogP contribution in [-0.2, 0) is 9.59 Å². The first-order valence-corrected chi connectivity index (χ1v) is 7.61. The normalized spacial score (nSPS) is 14.3. The Bertz CT molecular complexity index is 542. The van der Waals surface area contributed by atoms with Crippen molar-refractivity contribution in [1.29, 1.82) is 0 Å². The molecule has 0 spiro atoms. The van der Waals surface area contributed by atoms with Gasteiger partial charge in [-0.25, -0.2) is 0 Å². The first kappa shape index (κ1) is 16.9. The van der Waals surface area contributed by atoms with E-state index in [-0.39, 0.29) is 5.91 Å². The van der Waals surface area contributed by atoms with E-state index in [1.54, 1.807) is 30.1 Å². The molecule has 0 aliphatic carbocycles. The van der Waals surface area contributed by atoms with Crippen LogP contribution in [0.15, 0.2) is 18.2 Å². The van der Waals surface area contributed by atoms with Crippen molar-refractivity contribution < 1.29 is 19.1 Å². The number of nitrogens with zero attached hydrogens (tertiary/aromatic N) is 2. The lowest BCUT2D eigenvalue weighted by atomic mass is 10.2. The Balaban J connectivity index is 1.80. The van der Waals surface area contributed by atoms with Crippen LogP contribution >= 0.6 is 0 Å². The van der Waals surface area contributed by atoms with Gasteiger partial charge in [0.15, 0.2) is 0 Å². The maximum atomic E-state index is 12.2. The number of piperazine rings is 1. The van der Waals surface area contributed by atoms with Crippen LogP contribution in [-0.4, -0.2) is 69.1 Å². The van der Waals surface area contributed by atoms with E-state index < -0.39 is 0 Å². The van der Waals surface area contributed by atoms with Crippen molar-refractivity contribution in [2.75, 3.05) is 52.3 Å². The average Bonchev–Trinajstić information content (AvgIpc) is 2.61. The zero-order valence-corrected chi connectivity index (χ0v) is 13.6. The lowest BCUT2D eigenvalue weighted by molar-refractivity contribution is -0.134. The predicted molar refractivity (Wildman–Crippen MR) is 86.9 cm³/mol. The molecule has 0 aromatic heterocycles. The smallest absolute Gasteiger partial charge is 0.224 e. The highest BCUT2D eigenvalue weighted by atomic mass is 16.5. The summed E-state index contributed by atoms with van der Waals surface area (Å²) >= 11 is 0. The second kappa shape index (κ2) is 8.26. The third kappa shape index (κ3) is 4.51. The van der Waals surface area contributed by atoms with Crippen molar-refractivity contribution in [2.45, 2.75) is 6.42 Å². The molecule has 0 bridgehead atoms. The zero-order valence-electron chi connectivity index (χ0n) is 13.6. The van der Waals surface area contributed by atoms with E-state index in [4.69, 9.17) is 9.47 Å². The molecule has 1 aliphatic heterocycles. The number of rotatable bonds is 7. The molecule has 23 heavy (non-hydrogen) atoms. The van der Waals surface area contributed by atoms with Gasteiger partial charge in [0.25, 0.3) is 0 Å². The topological polar surface area (TPSA) is 71.1 Å². The maximum absolute atomic E-state index is 12.2. The van der Waals surface area contributed by atoms with Crippen LogP contribution in [0.3, 0.4) is 0 Å². The van der Waals surface area contributed by atoms with Gasteiger partial charge < -0.3 is 24.6 Å². The van der Waals surface area contributed by atoms with Gasteiger partial charge in [0.05, 0.1) is 19.9 Å². The summed E-state index contributed by atoms with van der Waals surface area (Å²) in [6, 6.07) is 5.50. The van der Waals surface area contributed by atoms with Gasteiger partial charge in [-0.05, 0) is 12.1 Å². The largest absolute Gasteiger partial charge is 0.497 e. The van der Waals surface area contributed by atoms with Crippen molar-refractivity contribution >= 4 is 18.0 Å². The Morgan fingerprint density at radius 3 is 2.57 bits per heavy atom. The molecule has 2 amide bonds. The predicted octanol–water partition coefficient (Wildman–Crippen LogP) is 0.806. The fourth-order valence-corrected chi connectivity index (χ4v) is 2.48. The van der Waals surface area contributed by atoms with E-state index in [2.05, 4.69) is 5.32 Å². The van der Waals surface area contributed by atoms with Crippen molar-refractivity contribution in [1.82, 2.24) is 9.80 Å². The number of amides is 2. The Morgan fingerprint density at radius 1 is 1.22 bits per heavy atom. The summed E-state index contributed by atoms with van der Waals surface area (Å²) < 4.78 is 10.5. The number of hydrogen-bond acceptors (Lipinski definition) is 5. The zero-order chi connectivity index (χ0) is 16.7. The maximum Gasteiger partial charge on any atom is 0.224 e. The van der Waals surface area contributed by atoms with E-state index in [9.17, 15) is 9.59 Å². The first-order valence-electron chi connectivity index (χ1n) is 7.61. The molecular weight excluding hydrogens is 298 g/mol. The van der Waals surface area contributed by atoms with Crippen LogP contribution in [0.4, 0.5) is 5.69 Å². The van der Waals surface area contributed by atoms with Crippen molar-refractivity contribution in [2.24, 2.45) is 0 Å². The van der Waals surface area contributed by atoms with E-state index in [0.717, 1.165) is 17.8 Å². The third-order valence-corrected chi connectivity index (χ3v) is 3.88. The van der Waals surface area contributed by atoms with Gasteiger partial charge in [-0.1, -0.05) is 0 Å². The van der Waals surface area contributed by atoms with Crippen LogP contribution in [0.25, 0.3) is 0 Å². The van der Waals surface area contributed by atoms with Crippen LogP contribution < -0.4 is 14.8 Å². The number of methoxy groups -OCH3 is 2. The lowest BCUT2D eigenvalue weighted by Gasteiger charge is -2.32. The molecule has 0 atom stereocenters. The van der Waals surface area contributed by atoms with Gasteiger partial charge in [0.1, 0.15) is 11.5 Å². The molecule has 1 saturated heterocycles. The molecule has 1 heterocycles. The average molecular weight is 321 g/mol. The fourth-order valence-electron chi connectivity index (χ4n) is 2.48. The highest BCUT2D eigenvalue weighted by Gasteiger charge is 2.19. The van der Waals surface area contributed by atoms with E-state index in [1.807, 2.05) is 12.1 Å². The van der Waals surface area contributed by atoms with E-state index in [1.165, 1.54) is 0 Å². The molecule has 7 nitrogen and oxygen atoms in total. The van der Waals surface area contributed by atoms with Crippen LogP contribution in [0.2, 0.25) is 0 Å². The molecule has 0 saturated carbocycles. The van der Waals surface area contributed by atoms with Gasteiger partial charge >= 0.3 is 0 Å². The van der Waals surface area contributed by atoms with Gasteiger partial charge in [-0.3, -0.25) is 9.59 Å². The van der Waals surface area contributed by atoms with Crippen molar-refractivity contribution in [3.05, 3.63) is 18.2 Å². The highest BCUT2D eigenvalue weighted by molar-refractivity contribution is 5.77. The molecular formula is C16H23N3O4. The minimum absolute atomic E-state index is 0.0931. The van der Waals surface area contributed by atoms with Gasteiger partial charge in [-0.2, -0.15) is 0 Å². The molecule has 0 radical (unpaired) electrons. The standard InChI is InChI=1S/C16H23N3O4/c1-22-13-3-4-14(15(11-13)23-2)17-6-5-16(21)19-9-7-18(12-20)8-10-19/h3-4,11-12,17H,5-10H2,1-2H3. The molecule has 7 heteroatoms. The Kier molecular flexibility index (Phi) is 6.08. The second-order valence-electron chi connectivity index (χ2n) is 5.27. The summed E-state index contributed by atoms with van der Waals surface area (Å²) in [6.07, 6.45) is 1.23. The monoisotopic (exact) mass is 321 g/mol.